The van der Waals surface area contributed by atoms with Crippen LogP contribution >= 0.6 is 0 Å². The lowest BCUT2D eigenvalue weighted by Gasteiger charge is -2.29. The fourth-order valence-corrected chi connectivity index (χ4v) is 4.53. The largest absolute Gasteiger partial charge is 0.396 e. The number of hydrogen-bond donors (Lipinski definition) is 1. The van der Waals surface area contributed by atoms with E-state index >= 15 is 0 Å². The van der Waals surface area contributed by atoms with Crippen LogP contribution in [0.25, 0.3) is 16.9 Å². The maximum Gasteiger partial charge on any atom is 0.389 e. The minimum Gasteiger partial charge on any atom is -0.396 e. The first-order valence-corrected chi connectivity index (χ1v) is 13.0. The van der Waals surface area contributed by atoms with Crippen LogP contribution in [0.5, 0.6) is 0 Å². The molecule has 1 fully saturated rings. The Morgan fingerprint density at radius 3 is 2.84 bits per heavy atom. The van der Waals surface area contributed by atoms with Gasteiger partial charge in [0.05, 0.1) is 24.5 Å². The zero-order valence-corrected chi connectivity index (χ0v) is 21.6. The summed E-state index contributed by atoms with van der Waals surface area (Å²) < 4.78 is 39.1. The van der Waals surface area contributed by atoms with Gasteiger partial charge in [0.15, 0.2) is 0 Å². The van der Waals surface area contributed by atoms with E-state index in [-0.39, 0.29) is 6.42 Å². The SMILES string of the molecule is CN1CCC(NCCCON=Cc2ccn3c(-c4cccc(CC(=O)CCC(F)(F)F)c4)cnc3c2)CC1. The van der Waals surface area contributed by atoms with Crippen molar-refractivity contribution in [2.75, 3.05) is 33.3 Å². The molecule has 0 bridgehead atoms. The number of carbonyl (C=O) groups excluding carboxylic acids is 1. The molecular formula is C28H34F3N5O2. The van der Waals surface area contributed by atoms with Crippen molar-refractivity contribution in [1.29, 1.82) is 0 Å². The summed E-state index contributed by atoms with van der Waals surface area (Å²) in [5, 5.41) is 7.66. The van der Waals surface area contributed by atoms with E-state index in [0.29, 0.717) is 18.2 Å². The molecule has 0 saturated carbocycles. The standard InChI is InChI=1S/C28H34F3N5O2/c1-35-12-8-24(9-13-35)32-11-3-15-38-34-19-22-7-14-36-26(20-33-27(36)18-22)23-5-2-4-21(16-23)17-25(37)6-10-28(29,30)31/h2,4-5,7,14,16,18-20,24,32H,3,6,8-13,15,17H2,1H3. The van der Waals surface area contributed by atoms with Gasteiger partial charge in [0.1, 0.15) is 18.0 Å². The van der Waals surface area contributed by atoms with Crippen molar-refractivity contribution >= 4 is 17.6 Å². The number of alkyl halides is 3. The number of imidazole rings is 1. The molecule has 2 aromatic heterocycles. The van der Waals surface area contributed by atoms with E-state index in [2.05, 4.69) is 27.4 Å². The maximum absolute atomic E-state index is 12.4. The highest BCUT2D eigenvalue weighted by Crippen LogP contribution is 2.24. The number of halogens is 3. The Hall–Kier alpha value is -3.24. The number of pyridine rings is 1. The molecule has 7 nitrogen and oxygen atoms in total. The van der Waals surface area contributed by atoms with Gasteiger partial charge in [-0.3, -0.25) is 9.20 Å². The third-order valence-electron chi connectivity index (χ3n) is 6.69. The molecule has 1 aromatic carbocycles. The van der Waals surface area contributed by atoms with Gasteiger partial charge in [-0.25, -0.2) is 4.98 Å². The lowest BCUT2D eigenvalue weighted by Crippen LogP contribution is -2.41. The molecule has 1 N–H and O–H groups in total. The van der Waals surface area contributed by atoms with Crippen molar-refractivity contribution in [3.63, 3.8) is 0 Å². The zero-order valence-electron chi connectivity index (χ0n) is 21.6. The first-order valence-electron chi connectivity index (χ1n) is 13.0. The van der Waals surface area contributed by atoms with E-state index in [1.807, 2.05) is 34.9 Å². The quantitative estimate of drug-likeness (QED) is 0.206. The average Bonchev–Trinajstić information content (AvgIpc) is 3.31. The number of nitrogens with one attached hydrogen (secondary N) is 1. The third kappa shape index (κ3) is 8.39. The lowest BCUT2D eigenvalue weighted by molar-refractivity contribution is -0.143. The molecule has 3 aromatic rings. The minimum atomic E-state index is -4.33. The topological polar surface area (TPSA) is 71.2 Å². The van der Waals surface area contributed by atoms with E-state index in [9.17, 15) is 18.0 Å². The van der Waals surface area contributed by atoms with Crippen molar-refractivity contribution in [2.24, 2.45) is 5.16 Å². The number of likely N-dealkylation sites (tertiary alicyclic amines) is 1. The number of Topliss-reactive ketones (excluding diaryl/α,β-unsaturated/α-hetero) is 1. The van der Waals surface area contributed by atoms with Gasteiger partial charge < -0.3 is 15.1 Å². The summed E-state index contributed by atoms with van der Waals surface area (Å²) in [7, 11) is 2.16. The van der Waals surface area contributed by atoms with Gasteiger partial charge in [0.25, 0.3) is 0 Å². The van der Waals surface area contributed by atoms with E-state index in [1.54, 1.807) is 24.5 Å². The molecule has 4 rings (SSSR count). The van der Waals surface area contributed by atoms with Crippen LogP contribution in [-0.2, 0) is 16.1 Å². The Morgan fingerprint density at radius 2 is 2.05 bits per heavy atom. The molecule has 1 aliphatic rings. The summed E-state index contributed by atoms with van der Waals surface area (Å²) in [6.07, 6.45) is 2.57. The lowest BCUT2D eigenvalue weighted by atomic mass is 10.0. The number of ketones is 1. The average molecular weight is 530 g/mol. The molecule has 204 valence electrons. The highest BCUT2D eigenvalue weighted by atomic mass is 19.4. The van der Waals surface area contributed by atoms with Crippen LogP contribution < -0.4 is 5.32 Å². The monoisotopic (exact) mass is 529 g/mol. The van der Waals surface area contributed by atoms with E-state index in [1.165, 1.54) is 12.8 Å². The van der Waals surface area contributed by atoms with Gasteiger partial charge >= 0.3 is 6.18 Å². The van der Waals surface area contributed by atoms with Crippen LogP contribution in [-0.4, -0.2) is 71.8 Å². The fourth-order valence-electron chi connectivity index (χ4n) is 4.53. The highest BCUT2D eigenvalue weighted by molar-refractivity contribution is 5.82. The molecule has 0 spiro atoms. The number of benzene rings is 1. The van der Waals surface area contributed by atoms with E-state index in [4.69, 9.17) is 4.84 Å². The summed E-state index contributed by atoms with van der Waals surface area (Å²) in [5.41, 5.74) is 3.90. The highest BCUT2D eigenvalue weighted by Gasteiger charge is 2.27. The molecule has 3 heterocycles. The molecule has 1 aliphatic heterocycles. The Labute approximate surface area is 220 Å². The number of carbonyl (C=O) groups is 1. The van der Waals surface area contributed by atoms with Crippen molar-refractivity contribution in [2.45, 2.75) is 50.7 Å². The molecule has 1 saturated heterocycles. The van der Waals surface area contributed by atoms with Crippen LogP contribution in [0.1, 0.15) is 43.2 Å². The van der Waals surface area contributed by atoms with Gasteiger partial charge in [-0.05, 0) is 69.7 Å². The number of nitrogens with zero attached hydrogens (tertiary/aromatic N) is 4. The summed E-state index contributed by atoms with van der Waals surface area (Å²) >= 11 is 0. The maximum atomic E-state index is 12.4. The van der Waals surface area contributed by atoms with Gasteiger partial charge in [-0.15, -0.1) is 0 Å². The molecular weight excluding hydrogens is 495 g/mol. The first-order chi connectivity index (χ1) is 18.3. The van der Waals surface area contributed by atoms with Crippen LogP contribution in [0.2, 0.25) is 0 Å². The van der Waals surface area contributed by atoms with E-state index in [0.717, 1.165) is 48.5 Å². The zero-order chi connectivity index (χ0) is 27.0. The van der Waals surface area contributed by atoms with E-state index < -0.39 is 24.8 Å². The normalized spacial score (nSPS) is 15.5. The fraction of sp³-hybridized carbons (Fsp3) is 0.464. The molecule has 0 unspecified atom stereocenters. The smallest absolute Gasteiger partial charge is 0.389 e. The summed E-state index contributed by atoms with van der Waals surface area (Å²) in [6.45, 7) is 3.74. The van der Waals surface area contributed by atoms with Crippen molar-refractivity contribution in [1.82, 2.24) is 19.6 Å². The van der Waals surface area contributed by atoms with Gasteiger partial charge in [-0.2, -0.15) is 13.2 Å². The van der Waals surface area contributed by atoms with Gasteiger partial charge in [0, 0.05) is 36.2 Å². The molecule has 0 radical (unpaired) electrons. The number of rotatable bonds is 12. The second kappa shape index (κ2) is 13.0. The molecule has 0 atom stereocenters. The predicted molar refractivity (Wildman–Crippen MR) is 141 cm³/mol. The Kier molecular flexibility index (Phi) is 9.52. The number of piperidine rings is 1. The Balaban J connectivity index is 1.27. The molecule has 38 heavy (non-hydrogen) atoms. The van der Waals surface area contributed by atoms with Crippen LogP contribution in [0.4, 0.5) is 13.2 Å². The van der Waals surface area contributed by atoms with Crippen molar-refractivity contribution in [3.05, 3.63) is 59.9 Å². The number of aromatic nitrogens is 2. The molecule has 0 amide bonds. The Morgan fingerprint density at radius 1 is 1.24 bits per heavy atom. The predicted octanol–water partition coefficient (Wildman–Crippen LogP) is 4.88. The van der Waals surface area contributed by atoms with Crippen LogP contribution in [0.15, 0.2) is 53.9 Å². The van der Waals surface area contributed by atoms with Gasteiger partial charge in [0.2, 0.25) is 0 Å². The Bertz CT molecular complexity index is 1230. The van der Waals surface area contributed by atoms with Crippen molar-refractivity contribution < 1.29 is 22.8 Å². The number of fused-ring (bicyclic) bond motifs is 1. The molecule has 0 aliphatic carbocycles. The minimum absolute atomic E-state index is 0.0322. The second-order valence-electron chi connectivity index (χ2n) is 9.82. The summed E-state index contributed by atoms with van der Waals surface area (Å²) in [4.78, 5) is 24.2. The number of oxime groups is 1. The second-order valence-corrected chi connectivity index (χ2v) is 9.82. The van der Waals surface area contributed by atoms with Gasteiger partial charge in [-0.1, -0.05) is 23.4 Å². The summed E-state index contributed by atoms with van der Waals surface area (Å²) in [6, 6.07) is 11.6. The number of hydrogen-bond acceptors (Lipinski definition) is 6. The van der Waals surface area contributed by atoms with Crippen LogP contribution in [0.3, 0.4) is 0 Å². The third-order valence-corrected chi connectivity index (χ3v) is 6.69. The summed E-state index contributed by atoms with van der Waals surface area (Å²) in [5.74, 6) is -0.433. The van der Waals surface area contributed by atoms with Crippen LogP contribution in [0, 0.1) is 0 Å². The molecule has 10 heteroatoms. The van der Waals surface area contributed by atoms with Crippen molar-refractivity contribution in [3.8, 4) is 11.3 Å². The first kappa shape index (κ1) is 27.8.